The number of esters is 1. The molecule has 1 aromatic heterocycles. The number of rotatable bonds is 4. The average Bonchev–Trinajstić information content (AvgIpc) is 3.08. The third kappa shape index (κ3) is 4.20. The Hall–Kier alpha value is -2.87. The van der Waals surface area contributed by atoms with Crippen LogP contribution in [0, 0.1) is 0 Å². The lowest BCUT2D eigenvalue weighted by molar-refractivity contribution is -0.137. The molecule has 3 aromatic rings. The molecule has 0 saturated heterocycles. The Morgan fingerprint density at radius 2 is 1.69 bits per heavy atom. The van der Waals surface area contributed by atoms with E-state index in [4.69, 9.17) is 20.8 Å². The molecular formula is C17H10ClF3N2O3. The van der Waals surface area contributed by atoms with Crippen molar-refractivity contribution in [1.29, 1.82) is 0 Å². The predicted octanol–water partition coefficient (Wildman–Crippen LogP) is 4.77. The number of hydrogen-bond donors (Lipinski definition) is 0. The van der Waals surface area contributed by atoms with E-state index in [0.29, 0.717) is 10.6 Å². The number of carbonyl (C=O) groups excluding carboxylic acids is 1. The highest BCUT2D eigenvalue weighted by Crippen LogP contribution is 2.29. The second-order valence-corrected chi connectivity index (χ2v) is 5.60. The number of nitrogens with zero attached hydrogens (tertiary/aromatic N) is 2. The molecule has 0 aliphatic heterocycles. The highest BCUT2D eigenvalue weighted by molar-refractivity contribution is 6.30. The van der Waals surface area contributed by atoms with Crippen LogP contribution in [0.5, 0.6) is 0 Å². The molecule has 0 atom stereocenters. The quantitative estimate of drug-likeness (QED) is 0.608. The molecule has 9 heteroatoms. The molecule has 0 saturated carbocycles. The van der Waals surface area contributed by atoms with Crippen LogP contribution in [0.2, 0.25) is 5.02 Å². The van der Waals surface area contributed by atoms with E-state index in [0.717, 1.165) is 24.3 Å². The van der Waals surface area contributed by atoms with E-state index >= 15 is 0 Å². The van der Waals surface area contributed by atoms with Crippen molar-refractivity contribution in [1.82, 2.24) is 10.2 Å². The fourth-order valence-corrected chi connectivity index (χ4v) is 2.15. The molecule has 0 amide bonds. The van der Waals surface area contributed by atoms with Crippen LogP contribution >= 0.6 is 11.6 Å². The van der Waals surface area contributed by atoms with Crippen LogP contribution in [-0.4, -0.2) is 16.2 Å². The van der Waals surface area contributed by atoms with Gasteiger partial charge in [0.25, 0.3) is 5.89 Å². The van der Waals surface area contributed by atoms with Gasteiger partial charge in [-0.1, -0.05) is 11.6 Å². The van der Waals surface area contributed by atoms with E-state index in [9.17, 15) is 18.0 Å². The number of ether oxygens (including phenoxy) is 1. The van der Waals surface area contributed by atoms with Crippen molar-refractivity contribution in [2.45, 2.75) is 12.8 Å². The fraction of sp³-hybridized carbons (Fsp3) is 0.118. The summed E-state index contributed by atoms with van der Waals surface area (Å²) < 4.78 is 47.8. The van der Waals surface area contributed by atoms with Crippen LogP contribution in [0.1, 0.15) is 21.8 Å². The highest BCUT2D eigenvalue weighted by atomic mass is 35.5. The fourth-order valence-electron chi connectivity index (χ4n) is 2.03. The molecule has 134 valence electrons. The van der Waals surface area contributed by atoms with E-state index in [1.807, 2.05) is 0 Å². The molecule has 0 fully saturated rings. The van der Waals surface area contributed by atoms with Crippen molar-refractivity contribution in [3.05, 3.63) is 70.6 Å². The van der Waals surface area contributed by atoms with Crippen molar-refractivity contribution in [3.63, 3.8) is 0 Å². The first-order valence-electron chi connectivity index (χ1n) is 7.25. The van der Waals surface area contributed by atoms with Crippen molar-refractivity contribution < 1.29 is 27.1 Å². The third-order valence-corrected chi connectivity index (χ3v) is 3.58. The zero-order valence-electron chi connectivity index (χ0n) is 13.0. The monoisotopic (exact) mass is 382 g/mol. The Bertz CT molecular complexity index is 906. The molecule has 3 rings (SSSR count). The van der Waals surface area contributed by atoms with Crippen LogP contribution in [-0.2, 0) is 17.5 Å². The smallest absolute Gasteiger partial charge is 0.416 e. The minimum absolute atomic E-state index is 0.0181. The van der Waals surface area contributed by atoms with Gasteiger partial charge in [-0.25, -0.2) is 4.79 Å². The maximum atomic E-state index is 12.5. The molecule has 0 unspecified atom stereocenters. The Morgan fingerprint density at radius 3 is 2.31 bits per heavy atom. The normalized spacial score (nSPS) is 11.4. The first kappa shape index (κ1) is 17.9. The second kappa shape index (κ2) is 7.17. The molecule has 0 aliphatic carbocycles. The molecule has 0 aliphatic rings. The van der Waals surface area contributed by atoms with Crippen LogP contribution in [0.3, 0.4) is 0 Å². The summed E-state index contributed by atoms with van der Waals surface area (Å²) in [6.45, 7) is -0.305. The molecule has 1 heterocycles. The van der Waals surface area contributed by atoms with Gasteiger partial charge < -0.3 is 9.15 Å². The standard InChI is InChI=1S/C17H10ClF3N2O3/c18-13-7-3-10(4-8-13)15-23-22-14(26-15)9-25-16(24)11-1-5-12(6-2-11)17(19,20)21/h1-8H,9H2. The number of benzene rings is 2. The van der Waals surface area contributed by atoms with Crippen LogP contribution in [0.25, 0.3) is 11.5 Å². The molecule has 0 spiro atoms. The number of carbonyl (C=O) groups is 1. The van der Waals surface area contributed by atoms with Gasteiger partial charge in [0, 0.05) is 10.6 Å². The van der Waals surface area contributed by atoms with Gasteiger partial charge in [-0.2, -0.15) is 13.2 Å². The van der Waals surface area contributed by atoms with Gasteiger partial charge in [-0.05, 0) is 48.5 Å². The van der Waals surface area contributed by atoms with Gasteiger partial charge >= 0.3 is 12.1 Å². The maximum absolute atomic E-state index is 12.5. The zero-order valence-corrected chi connectivity index (χ0v) is 13.7. The Balaban J connectivity index is 1.62. The topological polar surface area (TPSA) is 65.2 Å². The number of hydrogen-bond acceptors (Lipinski definition) is 5. The van der Waals surface area contributed by atoms with Crippen LogP contribution in [0.4, 0.5) is 13.2 Å². The van der Waals surface area contributed by atoms with E-state index < -0.39 is 17.7 Å². The van der Waals surface area contributed by atoms with Gasteiger partial charge in [-0.15, -0.1) is 10.2 Å². The third-order valence-electron chi connectivity index (χ3n) is 3.33. The van der Waals surface area contributed by atoms with E-state index in [1.54, 1.807) is 24.3 Å². The summed E-state index contributed by atoms with van der Waals surface area (Å²) in [7, 11) is 0. The van der Waals surface area contributed by atoms with Gasteiger partial charge in [0.2, 0.25) is 5.89 Å². The lowest BCUT2D eigenvalue weighted by atomic mass is 10.1. The SMILES string of the molecule is O=C(OCc1nnc(-c2ccc(Cl)cc2)o1)c1ccc(C(F)(F)F)cc1. The summed E-state index contributed by atoms with van der Waals surface area (Å²) in [6.07, 6.45) is -4.47. The Morgan fingerprint density at radius 1 is 1.04 bits per heavy atom. The minimum Gasteiger partial charge on any atom is -0.452 e. The predicted molar refractivity (Wildman–Crippen MR) is 85.3 cm³/mol. The summed E-state index contributed by atoms with van der Waals surface area (Å²) in [6, 6.07) is 10.4. The van der Waals surface area contributed by atoms with Crippen LogP contribution < -0.4 is 0 Å². The largest absolute Gasteiger partial charge is 0.452 e. The summed E-state index contributed by atoms with van der Waals surface area (Å²) in [5, 5.41) is 8.14. The maximum Gasteiger partial charge on any atom is 0.416 e. The van der Waals surface area contributed by atoms with E-state index in [1.165, 1.54) is 0 Å². The zero-order chi connectivity index (χ0) is 18.7. The summed E-state index contributed by atoms with van der Waals surface area (Å²) in [4.78, 5) is 11.9. The van der Waals surface area contributed by atoms with E-state index in [-0.39, 0.29) is 24.0 Å². The van der Waals surface area contributed by atoms with E-state index in [2.05, 4.69) is 10.2 Å². The molecule has 26 heavy (non-hydrogen) atoms. The van der Waals surface area contributed by atoms with Crippen molar-refractivity contribution in [2.24, 2.45) is 0 Å². The number of aromatic nitrogens is 2. The first-order valence-corrected chi connectivity index (χ1v) is 7.63. The lowest BCUT2D eigenvalue weighted by Gasteiger charge is -2.07. The van der Waals surface area contributed by atoms with Gasteiger partial charge in [0.15, 0.2) is 6.61 Å². The molecule has 0 N–H and O–H groups in total. The summed E-state index contributed by atoms with van der Waals surface area (Å²) >= 11 is 5.80. The van der Waals surface area contributed by atoms with Gasteiger partial charge in [0.1, 0.15) is 0 Å². The highest BCUT2D eigenvalue weighted by Gasteiger charge is 2.30. The lowest BCUT2D eigenvalue weighted by Crippen LogP contribution is -2.08. The number of alkyl halides is 3. The Labute approximate surface area is 150 Å². The molecule has 2 aromatic carbocycles. The molecule has 5 nitrogen and oxygen atoms in total. The van der Waals surface area contributed by atoms with Crippen molar-refractivity contribution in [3.8, 4) is 11.5 Å². The molecular weight excluding hydrogens is 373 g/mol. The number of halogens is 4. The van der Waals surface area contributed by atoms with Crippen molar-refractivity contribution >= 4 is 17.6 Å². The van der Waals surface area contributed by atoms with Crippen molar-refractivity contribution in [2.75, 3.05) is 0 Å². The summed E-state index contributed by atoms with van der Waals surface area (Å²) in [5.41, 5.74) is -0.226. The minimum atomic E-state index is -4.47. The summed E-state index contributed by atoms with van der Waals surface area (Å²) in [5.74, 6) is -0.526. The second-order valence-electron chi connectivity index (χ2n) is 5.16. The first-order chi connectivity index (χ1) is 12.3. The van der Waals surface area contributed by atoms with Gasteiger partial charge in [0.05, 0.1) is 11.1 Å². The van der Waals surface area contributed by atoms with Gasteiger partial charge in [-0.3, -0.25) is 0 Å². The Kier molecular flexibility index (Phi) is 4.94. The average molecular weight is 383 g/mol. The molecule has 0 bridgehead atoms. The molecule has 0 radical (unpaired) electrons. The van der Waals surface area contributed by atoms with Crippen LogP contribution in [0.15, 0.2) is 52.9 Å².